The largest absolute Gasteiger partial charge is 0.383 e. The lowest BCUT2D eigenvalue weighted by Gasteiger charge is -2.06. The molecule has 1 amide bonds. The summed E-state index contributed by atoms with van der Waals surface area (Å²) >= 11 is 0. The number of carbonyl (C=O) groups excluding carboxylic acids is 1. The lowest BCUT2D eigenvalue weighted by Crippen LogP contribution is -2.34. The van der Waals surface area contributed by atoms with Gasteiger partial charge in [-0.05, 0) is 12.8 Å². The second-order valence-electron chi connectivity index (χ2n) is 2.22. The summed E-state index contributed by atoms with van der Waals surface area (Å²) in [4.78, 5) is 10.8. The van der Waals surface area contributed by atoms with Gasteiger partial charge in [0.05, 0.1) is 0 Å². The number of nitrogens with one attached hydrogen (secondary N) is 1. The molecule has 0 aliphatic heterocycles. The Kier molecular flexibility index (Phi) is 4.94. The number of hydrogen-bond acceptors (Lipinski definition) is 2. The van der Waals surface area contributed by atoms with E-state index in [0.29, 0.717) is 13.0 Å². The molecule has 0 aromatic carbocycles. The molecule has 2 N–H and O–H groups in total. The highest BCUT2D eigenvalue weighted by molar-refractivity contribution is 5.80. The Hall–Kier alpha value is -0.570. The zero-order valence-corrected chi connectivity index (χ0v) is 6.55. The first kappa shape index (κ1) is 9.43. The van der Waals surface area contributed by atoms with E-state index in [-0.39, 0.29) is 5.91 Å². The van der Waals surface area contributed by atoms with Crippen molar-refractivity contribution in [2.75, 3.05) is 6.54 Å². The molecule has 0 saturated heterocycles. The standard InChI is InChI=1S/C7H15NO2/c1-3-5-8-7(10)6(9)4-2/h6,9H,3-5H2,1-2H3,(H,8,10). The molecule has 3 nitrogen and oxygen atoms in total. The van der Waals surface area contributed by atoms with Crippen LogP contribution in [0.3, 0.4) is 0 Å². The van der Waals surface area contributed by atoms with Crippen LogP contribution in [0, 0.1) is 0 Å². The smallest absolute Gasteiger partial charge is 0.248 e. The molecule has 0 aromatic rings. The first-order chi connectivity index (χ1) is 4.72. The quantitative estimate of drug-likeness (QED) is 0.597. The minimum atomic E-state index is -0.827. The molecular weight excluding hydrogens is 130 g/mol. The van der Waals surface area contributed by atoms with E-state index < -0.39 is 6.10 Å². The molecule has 0 fully saturated rings. The molecule has 0 saturated carbocycles. The van der Waals surface area contributed by atoms with Crippen molar-refractivity contribution in [2.45, 2.75) is 32.8 Å². The molecule has 60 valence electrons. The average Bonchev–Trinajstić information content (AvgIpc) is 1.98. The summed E-state index contributed by atoms with van der Waals surface area (Å²) in [5, 5.41) is 11.5. The van der Waals surface area contributed by atoms with Crippen LogP contribution in [-0.2, 0) is 4.79 Å². The van der Waals surface area contributed by atoms with Gasteiger partial charge in [-0.15, -0.1) is 0 Å². The monoisotopic (exact) mass is 145 g/mol. The van der Waals surface area contributed by atoms with Gasteiger partial charge in [-0.1, -0.05) is 13.8 Å². The molecule has 10 heavy (non-hydrogen) atoms. The summed E-state index contributed by atoms with van der Waals surface area (Å²) in [6, 6.07) is 0. The molecule has 0 heterocycles. The molecule has 0 aromatic heterocycles. The van der Waals surface area contributed by atoms with Crippen LogP contribution in [0.15, 0.2) is 0 Å². The third-order valence-electron chi connectivity index (χ3n) is 1.24. The first-order valence-electron chi connectivity index (χ1n) is 3.68. The molecule has 0 aliphatic rings. The Morgan fingerprint density at radius 2 is 2.20 bits per heavy atom. The summed E-state index contributed by atoms with van der Waals surface area (Å²) < 4.78 is 0. The summed E-state index contributed by atoms with van der Waals surface area (Å²) in [6.07, 6.45) is 0.559. The SMILES string of the molecule is CCCNC(=O)C(O)CC. The predicted octanol–water partition coefficient (Wildman–Crippen LogP) is 0.283. The number of hydrogen-bond donors (Lipinski definition) is 2. The maximum absolute atomic E-state index is 10.8. The Morgan fingerprint density at radius 3 is 2.60 bits per heavy atom. The van der Waals surface area contributed by atoms with Crippen molar-refractivity contribution in [3.63, 3.8) is 0 Å². The average molecular weight is 145 g/mol. The molecule has 0 bridgehead atoms. The molecule has 0 radical (unpaired) electrons. The number of carbonyl (C=O) groups is 1. The van der Waals surface area contributed by atoms with Crippen molar-refractivity contribution >= 4 is 5.91 Å². The van der Waals surface area contributed by atoms with E-state index in [1.165, 1.54) is 0 Å². The first-order valence-corrected chi connectivity index (χ1v) is 3.68. The van der Waals surface area contributed by atoms with Crippen LogP contribution >= 0.6 is 0 Å². The van der Waals surface area contributed by atoms with Gasteiger partial charge < -0.3 is 10.4 Å². The van der Waals surface area contributed by atoms with Crippen molar-refractivity contribution < 1.29 is 9.90 Å². The Bertz CT molecular complexity index is 104. The van der Waals surface area contributed by atoms with Gasteiger partial charge in [0.1, 0.15) is 6.10 Å². The van der Waals surface area contributed by atoms with E-state index in [1.54, 1.807) is 6.92 Å². The van der Waals surface area contributed by atoms with E-state index in [2.05, 4.69) is 5.32 Å². The van der Waals surface area contributed by atoms with E-state index in [9.17, 15) is 4.79 Å². The summed E-state index contributed by atoms with van der Waals surface area (Å²) in [5.74, 6) is -0.260. The summed E-state index contributed by atoms with van der Waals surface area (Å²) in [6.45, 7) is 4.39. The molecule has 0 spiro atoms. The minimum absolute atomic E-state index is 0.260. The minimum Gasteiger partial charge on any atom is -0.383 e. The van der Waals surface area contributed by atoms with Crippen LogP contribution in [0.25, 0.3) is 0 Å². The summed E-state index contributed by atoms with van der Waals surface area (Å²) in [5.41, 5.74) is 0. The van der Waals surface area contributed by atoms with Gasteiger partial charge in [0.25, 0.3) is 0 Å². The fourth-order valence-corrected chi connectivity index (χ4v) is 0.551. The predicted molar refractivity (Wildman–Crippen MR) is 39.6 cm³/mol. The second kappa shape index (κ2) is 5.23. The van der Waals surface area contributed by atoms with Crippen LogP contribution in [0.1, 0.15) is 26.7 Å². The van der Waals surface area contributed by atoms with Gasteiger partial charge in [0, 0.05) is 6.54 Å². The maximum Gasteiger partial charge on any atom is 0.248 e. The topological polar surface area (TPSA) is 49.3 Å². The summed E-state index contributed by atoms with van der Waals surface area (Å²) in [7, 11) is 0. The second-order valence-corrected chi connectivity index (χ2v) is 2.22. The Labute approximate surface area is 61.4 Å². The number of aliphatic hydroxyl groups excluding tert-OH is 1. The number of rotatable bonds is 4. The lowest BCUT2D eigenvalue weighted by atomic mass is 10.2. The highest BCUT2D eigenvalue weighted by Gasteiger charge is 2.09. The fraction of sp³-hybridized carbons (Fsp3) is 0.857. The Morgan fingerprint density at radius 1 is 1.60 bits per heavy atom. The fourth-order valence-electron chi connectivity index (χ4n) is 0.551. The van der Waals surface area contributed by atoms with Crippen LogP contribution in [-0.4, -0.2) is 23.7 Å². The van der Waals surface area contributed by atoms with Gasteiger partial charge in [-0.3, -0.25) is 4.79 Å². The van der Waals surface area contributed by atoms with Crippen molar-refractivity contribution in [1.82, 2.24) is 5.32 Å². The van der Waals surface area contributed by atoms with Gasteiger partial charge in [-0.25, -0.2) is 0 Å². The van der Waals surface area contributed by atoms with E-state index in [0.717, 1.165) is 6.42 Å². The zero-order valence-electron chi connectivity index (χ0n) is 6.55. The van der Waals surface area contributed by atoms with Crippen molar-refractivity contribution in [3.05, 3.63) is 0 Å². The molecular formula is C7H15NO2. The van der Waals surface area contributed by atoms with E-state index >= 15 is 0 Å². The van der Waals surface area contributed by atoms with Gasteiger partial charge in [0.2, 0.25) is 5.91 Å². The third kappa shape index (κ3) is 3.45. The molecule has 1 unspecified atom stereocenters. The molecule has 3 heteroatoms. The number of aliphatic hydroxyl groups is 1. The van der Waals surface area contributed by atoms with Crippen LogP contribution in [0.5, 0.6) is 0 Å². The van der Waals surface area contributed by atoms with Gasteiger partial charge >= 0.3 is 0 Å². The highest BCUT2D eigenvalue weighted by atomic mass is 16.3. The van der Waals surface area contributed by atoms with Crippen molar-refractivity contribution in [2.24, 2.45) is 0 Å². The molecule has 1 atom stereocenters. The van der Waals surface area contributed by atoms with Crippen molar-refractivity contribution in [1.29, 1.82) is 0 Å². The molecule has 0 rings (SSSR count). The molecule has 0 aliphatic carbocycles. The third-order valence-corrected chi connectivity index (χ3v) is 1.24. The van der Waals surface area contributed by atoms with Crippen LogP contribution in [0.4, 0.5) is 0 Å². The van der Waals surface area contributed by atoms with Crippen LogP contribution < -0.4 is 5.32 Å². The zero-order chi connectivity index (χ0) is 7.98. The van der Waals surface area contributed by atoms with Crippen LogP contribution in [0.2, 0.25) is 0 Å². The lowest BCUT2D eigenvalue weighted by molar-refractivity contribution is -0.129. The van der Waals surface area contributed by atoms with Crippen molar-refractivity contribution in [3.8, 4) is 0 Å². The highest BCUT2D eigenvalue weighted by Crippen LogP contribution is 1.88. The van der Waals surface area contributed by atoms with Gasteiger partial charge in [0.15, 0.2) is 0 Å². The van der Waals surface area contributed by atoms with Gasteiger partial charge in [-0.2, -0.15) is 0 Å². The normalized spacial score (nSPS) is 12.7. The number of amides is 1. The van der Waals surface area contributed by atoms with E-state index in [1.807, 2.05) is 6.92 Å². The maximum atomic E-state index is 10.8. The van der Waals surface area contributed by atoms with E-state index in [4.69, 9.17) is 5.11 Å². The Balaban J connectivity index is 3.42.